The molecule has 1 aliphatic carbocycles. The zero-order valence-corrected chi connectivity index (χ0v) is 31.5. The maximum Gasteiger partial charge on any atom is 0.319 e. The van der Waals surface area contributed by atoms with Crippen molar-refractivity contribution in [1.82, 2.24) is 10.2 Å². The lowest BCUT2D eigenvalue weighted by Crippen LogP contribution is -2.47. The van der Waals surface area contributed by atoms with Crippen molar-refractivity contribution in [2.75, 3.05) is 18.4 Å². The van der Waals surface area contributed by atoms with E-state index in [0.717, 1.165) is 52.2 Å². The van der Waals surface area contributed by atoms with Gasteiger partial charge in [0.15, 0.2) is 6.29 Å². The van der Waals surface area contributed by atoms with Gasteiger partial charge in [0, 0.05) is 42.8 Å². The first kappa shape index (κ1) is 38.0. The summed E-state index contributed by atoms with van der Waals surface area (Å²) in [4.78, 5) is 15.4. The molecule has 8 nitrogen and oxygen atoms in total. The first-order chi connectivity index (χ1) is 26.9. The summed E-state index contributed by atoms with van der Waals surface area (Å²) in [5, 5.41) is 15.6. The minimum Gasteiger partial charge on any atom is -0.457 e. The predicted octanol–water partition coefficient (Wildman–Crippen LogP) is 10.2. The monoisotopic (exact) mass is 737 g/mol. The summed E-state index contributed by atoms with van der Waals surface area (Å²) in [7, 11) is 0. The van der Waals surface area contributed by atoms with Gasteiger partial charge in [-0.2, -0.15) is 0 Å². The summed E-state index contributed by atoms with van der Waals surface area (Å²) in [6.07, 6.45) is 6.15. The lowest BCUT2D eigenvalue weighted by molar-refractivity contribution is -0.276. The standard InChI is InChI=1S/C47H51N3O5/c1-3-27-50(41-15-7-8-16-41)31-44-33(2)45(36-21-19-34(32-51)20-22-36)55-46(54-44)39-14-10-13-38(29-39)37-12-9-11-35(28-37)30-48-47(52)49-40-23-25-43(26-24-40)53-42-17-5-4-6-18-42/h3-6,9-14,17-26,28-29,33,41,44-46,51H,1,7-8,15-16,27,30-32H2,2H3,(H2,48,49,52)/t33-,44+,45+,46+/m0/s1. The Morgan fingerprint density at radius 2 is 1.53 bits per heavy atom. The number of nitrogens with one attached hydrogen (secondary N) is 2. The van der Waals surface area contributed by atoms with Gasteiger partial charge in [0.05, 0.1) is 18.8 Å². The second-order valence-corrected chi connectivity index (χ2v) is 14.6. The Morgan fingerprint density at radius 1 is 0.818 bits per heavy atom. The van der Waals surface area contributed by atoms with Crippen molar-refractivity contribution in [2.24, 2.45) is 5.92 Å². The Morgan fingerprint density at radius 3 is 2.25 bits per heavy atom. The molecule has 5 aromatic carbocycles. The average Bonchev–Trinajstić information content (AvgIpc) is 3.77. The van der Waals surface area contributed by atoms with Crippen LogP contribution in [0.3, 0.4) is 0 Å². The predicted molar refractivity (Wildman–Crippen MR) is 218 cm³/mol. The largest absolute Gasteiger partial charge is 0.457 e. The van der Waals surface area contributed by atoms with Crippen LogP contribution in [0, 0.1) is 5.92 Å². The lowest BCUT2D eigenvalue weighted by Gasteiger charge is -2.43. The Labute approximate surface area is 324 Å². The van der Waals surface area contributed by atoms with Crippen molar-refractivity contribution in [1.29, 1.82) is 0 Å². The molecule has 0 bridgehead atoms. The van der Waals surface area contributed by atoms with Gasteiger partial charge in [-0.1, -0.05) is 105 Å². The summed E-state index contributed by atoms with van der Waals surface area (Å²) in [5.41, 5.74) is 6.62. The van der Waals surface area contributed by atoms with Crippen molar-refractivity contribution in [3.8, 4) is 22.6 Å². The summed E-state index contributed by atoms with van der Waals surface area (Å²) in [5.74, 6) is 1.55. The summed E-state index contributed by atoms with van der Waals surface area (Å²) < 4.78 is 19.6. The number of ether oxygens (including phenoxy) is 3. The molecule has 5 aromatic rings. The van der Waals surface area contributed by atoms with Crippen molar-refractivity contribution in [2.45, 2.75) is 70.3 Å². The molecule has 1 aliphatic heterocycles. The highest BCUT2D eigenvalue weighted by Gasteiger charge is 2.40. The molecule has 1 heterocycles. The molecule has 0 aromatic heterocycles. The normalized spacial score (nSPS) is 19.9. The van der Waals surface area contributed by atoms with Crippen molar-refractivity contribution in [3.05, 3.63) is 162 Å². The molecule has 0 unspecified atom stereocenters. The van der Waals surface area contributed by atoms with E-state index in [1.54, 1.807) is 0 Å². The molecule has 55 heavy (non-hydrogen) atoms. The number of hydrogen-bond acceptors (Lipinski definition) is 6. The molecule has 2 fully saturated rings. The van der Waals surface area contributed by atoms with Crippen LogP contribution in [0.2, 0.25) is 0 Å². The molecule has 0 spiro atoms. The summed E-state index contributed by atoms with van der Waals surface area (Å²) >= 11 is 0. The molecule has 4 atom stereocenters. The van der Waals surface area contributed by atoms with E-state index in [0.29, 0.717) is 24.0 Å². The average molecular weight is 738 g/mol. The first-order valence-electron chi connectivity index (χ1n) is 19.4. The second kappa shape index (κ2) is 18.4. The summed E-state index contributed by atoms with van der Waals surface area (Å²) in [6, 6.07) is 41.7. The highest BCUT2D eigenvalue weighted by Crippen LogP contribution is 2.43. The number of urea groups is 1. The first-order valence-corrected chi connectivity index (χ1v) is 19.4. The van der Waals surface area contributed by atoms with Crippen LogP contribution >= 0.6 is 0 Å². The highest BCUT2D eigenvalue weighted by molar-refractivity contribution is 5.89. The van der Waals surface area contributed by atoms with Gasteiger partial charge < -0.3 is 30.0 Å². The zero-order chi connectivity index (χ0) is 38.0. The number of benzene rings is 5. The number of carbonyl (C=O) groups excluding carboxylic acids is 1. The van der Waals surface area contributed by atoms with Crippen molar-refractivity contribution >= 4 is 11.7 Å². The third kappa shape index (κ3) is 9.90. The van der Waals surface area contributed by atoms with E-state index < -0.39 is 6.29 Å². The van der Waals surface area contributed by atoms with Gasteiger partial charge in [-0.3, -0.25) is 4.90 Å². The van der Waals surface area contributed by atoms with E-state index >= 15 is 0 Å². The number of anilines is 1. The molecule has 284 valence electrons. The molecular weight excluding hydrogens is 687 g/mol. The number of hydrogen-bond donors (Lipinski definition) is 3. The van der Waals surface area contributed by atoms with Gasteiger partial charge in [0.25, 0.3) is 0 Å². The van der Waals surface area contributed by atoms with Crippen LogP contribution < -0.4 is 15.4 Å². The van der Waals surface area contributed by atoms with Crippen molar-refractivity contribution < 1.29 is 24.1 Å². The van der Waals surface area contributed by atoms with Gasteiger partial charge in [0.2, 0.25) is 0 Å². The maximum absolute atomic E-state index is 12.8. The molecule has 2 aliphatic rings. The molecule has 3 N–H and O–H groups in total. The second-order valence-electron chi connectivity index (χ2n) is 14.6. The SMILES string of the molecule is C=CCN(C[C@H]1O[C@@H](c2cccc(-c3cccc(CNC(=O)Nc4ccc(Oc5ccccc5)cc4)c3)c2)O[C@@H](c2ccc(CO)cc2)[C@H]1C)C1CCCC1. The maximum atomic E-state index is 12.8. The number of aliphatic hydroxyl groups is 1. The number of para-hydroxylation sites is 1. The van der Waals surface area contributed by atoms with E-state index in [2.05, 4.69) is 71.5 Å². The Hall–Kier alpha value is -5.25. The number of rotatable bonds is 14. The molecule has 1 saturated carbocycles. The molecular formula is C47H51N3O5. The smallest absolute Gasteiger partial charge is 0.319 e. The molecule has 7 rings (SSSR count). The number of carbonyl (C=O) groups is 1. The minimum absolute atomic E-state index is 0.00531. The van der Waals surface area contributed by atoms with Crippen LogP contribution in [0.5, 0.6) is 11.5 Å². The number of aliphatic hydroxyl groups excluding tert-OH is 1. The van der Waals surface area contributed by atoms with Crippen LogP contribution in [0.1, 0.15) is 67.3 Å². The molecule has 8 heteroatoms. The van der Waals surface area contributed by atoms with Gasteiger partial charge >= 0.3 is 6.03 Å². The Balaban J connectivity index is 1.03. The molecule has 0 radical (unpaired) electrons. The van der Waals surface area contributed by atoms with Gasteiger partial charge in [-0.05, 0) is 89.2 Å². The van der Waals surface area contributed by atoms with Crippen LogP contribution in [0.15, 0.2) is 140 Å². The van der Waals surface area contributed by atoms with Crippen LogP contribution in [0.4, 0.5) is 10.5 Å². The fourth-order valence-corrected chi connectivity index (χ4v) is 7.68. The van der Waals surface area contributed by atoms with E-state index in [1.807, 2.05) is 91.0 Å². The van der Waals surface area contributed by atoms with Crippen LogP contribution in [-0.4, -0.2) is 41.3 Å². The summed E-state index contributed by atoms with van der Waals surface area (Å²) in [6.45, 7) is 8.29. The molecule has 2 amide bonds. The fraction of sp³-hybridized carbons (Fsp3) is 0.298. The van der Waals surface area contributed by atoms with Gasteiger partial charge in [-0.15, -0.1) is 6.58 Å². The fourth-order valence-electron chi connectivity index (χ4n) is 7.68. The highest BCUT2D eigenvalue weighted by atomic mass is 16.7. The zero-order valence-electron chi connectivity index (χ0n) is 31.5. The van der Waals surface area contributed by atoms with Gasteiger partial charge in [0.1, 0.15) is 11.5 Å². The third-order valence-corrected chi connectivity index (χ3v) is 10.7. The van der Waals surface area contributed by atoms with E-state index in [4.69, 9.17) is 14.2 Å². The third-order valence-electron chi connectivity index (χ3n) is 10.7. The Bertz CT molecular complexity index is 2000. The van der Waals surface area contributed by atoms with Crippen molar-refractivity contribution in [3.63, 3.8) is 0 Å². The Kier molecular flexibility index (Phi) is 12.7. The minimum atomic E-state index is -0.565. The quantitative estimate of drug-likeness (QED) is 0.0983. The topological polar surface area (TPSA) is 92.3 Å². The van der Waals surface area contributed by atoms with Crippen LogP contribution in [-0.2, 0) is 22.6 Å². The van der Waals surface area contributed by atoms with Crippen LogP contribution in [0.25, 0.3) is 11.1 Å². The lowest BCUT2D eigenvalue weighted by atomic mass is 9.89. The molecule has 1 saturated heterocycles. The number of amides is 2. The van der Waals surface area contributed by atoms with E-state index in [1.165, 1.54) is 25.7 Å². The van der Waals surface area contributed by atoms with E-state index in [9.17, 15) is 9.90 Å². The van der Waals surface area contributed by atoms with E-state index in [-0.39, 0.29) is 30.8 Å². The van der Waals surface area contributed by atoms with Gasteiger partial charge in [-0.25, -0.2) is 4.79 Å². The number of nitrogens with zero attached hydrogens (tertiary/aromatic N) is 1.